The molecule has 0 aromatic heterocycles. The van der Waals surface area contributed by atoms with Crippen molar-refractivity contribution in [2.75, 3.05) is 5.32 Å². The van der Waals surface area contributed by atoms with E-state index in [0.29, 0.717) is 17.5 Å². The minimum absolute atomic E-state index is 0.156. The van der Waals surface area contributed by atoms with Gasteiger partial charge in [0.15, 0.2) is 0 Å². The highest BCUT2D eigenvalue weighted by Gasteiger charge is 2.67. The fraction of sp³-hybridized carbons (Fsp3) is 0.476. The highest BCUT2D eigenvalue weighted by atomic mass is 16.2. The van der Waals surface area contributed by atoms with E-state index >= 15 is 0 Å². The summed E-state index contributed by atoms with van der Waals surface area (Å²) in [6.45, 7) is 3.60. The van der Waals surface area contributed by atoms with Gasteiger partial charge in [0.2, 0.25) is 17.7 Å². The van der Waals surface area contributed by atoms with E-state index < -0.39 is 6.04 Å². The number of nitrogens with zero attached hydrogens (tertiary/aromatic N) is 1. The molecule has 4 aliphatic carbocycles. The largest absolute Gasteiger partial charge is 0.324 e. The van der Waals surface area contributed by atoms with Crippen molar-refractivity contribution in [2.24, 2.45) is 35.5 Å². The van der Waals surface area contributed by atoms with Crippen molar-refractivity contribution >= 4 is 23.4 Å². The smallest absolute Gasteiger partial charge is 0.247 e. The van der Waals surface area contributed by atoms with Crippen molar-refractivity contribution in [3.05, 3.63) is 42.0 Å². The van der Waals surface area contributed by atoms with E-state index in [4.69, 9.17) is 0 Å². The molecule has 3 amide bonds. The quantitative estimate of drug-likeness (QED) is 0.672. The molecule has 1 aliphatic heterocycles. The van der Waals surface area contributed by atoms with E-state index in [1.165, 1.54) is 4.90 Å². The summed E-state index contributed by atoms with van der Waals surface area (Å²) in [6.07, 6.45) is 5.43. The van der Waals surface area contributed by atoms with Gasteiger partial charge in [-0.1, -0.05) is 24.3 Å². The van der Waals surface area contributed by atoms with Gasteiger partial charge in [0, 0.05) is 5.69 Å². The second-order valence-corrected chi connectivity index (χ2v) is 8.24. The SMILES string of the molecule is Cc1cccc(NC(=O)C(C)N2C(=O)C3C4C=CC(C5CC45)C3C2=O)c1. The summed E-state index contributed by atoms with van der Waals surface area (Å²) in [5, 5.41) is 2.84. The Morgan fingerprint density at radius 3 is 2.31 bits per heavy atom. The Labute approximate surface area is 152 Å². The van der Waals surface area contributed by atoms with E-state index in [1.807, 2.05) is 31.2 Å². The number of hydrogen-bond donors (Lipinski definition) is 1. The zero-order chi connectivity index (χ0) is 18.2. The molecule has 1 saturated heterocycles. The molecular formula is C21H22N2O3. The first-order valence-corrected chi connectivity index (χ1v) is 9.40. The Morgan fingerprint density at radius 1 is 1.12 bits per heavy atom. The van der Waals surface area contributed by atoms with Crippen molar-refractivity contribution in [1.29, 1.82) is 0 Å². The number of anilines is 1. The van der Waals surface area contributed by atoms with Crippen LogP contribution in [0.2, 0.25) is 0 Å². The molecule has 5 heteroatoms. The zero-order valence-corrected chi connectivity index (χ0v) is 14.9. The summed E-state index contributed by atoms with van der Waals surface area (Å²) in [7, 11) is 0. The Balaban J connectivity index is 1.38. The van der Waals surface area contributed by atoms with Crippen LogP contribution in [-0.2, 0) is 14.4 Å². The van der Waals surface area contributed by atoms with E-state index in [0.717, 1.165) is 12.0 Å². The lowest BCUT2D eigenvalue weighted by atomic mass is 9.63. The molecule has 1 N–H and O–H groups in total. The molecule has 0 radical (unpaired) electrons. The molecule has 134 valence electrons. The number of likely N-dealkylation sites (tertiary alicyclic amines) is 1. The number of benzene rings is 1. The van der Waals surface area contributed by atoms with Crippen molar-refractivity contribution in [1.82, 2.24) is 4.90 Å². The van der Waals surface area contributed by atoms with Crippen LogP contribution in [-0.4, -0.2) is 28.7 Å². The predicted octanol–water partition coefficient (Wildman–Crippen LogP) is 2.38. The number of amides is 3. The van der Waals surface area contributed by atoms with E-state index in [1.54, 1.807) is 6.92 Å². The average Bonchev–Trinajstić information content (AvgIpc) is 3.39. The molecule has 5 aliphatic rings. The van der Waals surface area contributed by atoms with Gasteiger partial charge >= 0.3 is 0 Å². The lowest BCUT2D eigenvalue weighted by Gasteiger charge is -2.37. The van der Waals surface area contributed by atoms with Crippen LogP contribution in [0.4, 0.5) is 5.69 Å². The van der Waals surface area contributed by atoms with Crippen LogP contribution in [0.1, 0.15) is 18.9 Å². The number of carbonyl (C=O) groups excluding carboxylic acids is 3. The summed E-state index contributed by atoms with van der Waals surface area (Å²) in [5.74, 6) is 0.367. The first-order valence-electron chi connectivity index (χ1n) is 9.40. The summed E-state index contributed by atoms with van der Waals surface area (Å²) < 4.78 is 0. The number of nitrogens with one attached hydrogen (secondary N) is 1. The van der Waals surface area contributed by atoms with Crippen LogP contribution in [0, 0.1) is 42.4 Å². The summed E-state index contributed by atoms with van der Waals surface area (Å²) >= 11 is 0. The van der Waals surface area contributed by atoms with Gasteiger partial charge in [0.1, 0.15) is 6.04 Å². The Bertz CT molecular complexity index is 825. The van der Waals surface area contributed by atoms with Gasteiger partial charge in [-0.3, -0.25) is 19.3 Å². The van der Waals surface area contributed by atoms with Crippen LogP contribution in [0.15, 0.2) is 36.4 Å². The minimum Gasteiger partial charge on any atom is -0.324 e. The summed E-state index contributed by atoms with van der Waals surface area (Å²) in [6, 6.07) is 6.70. The lowest BCUT2D eigenvalue weighted by molar-refractivity contribution is -0.146. The second-order valence-electron chi connectivity index (χ2n) is 8.24. The van der Waals surface area contributed by atoms with Gasteiger partial charge in [-0.15, -0.1) is 0 Å². The maximum Gasteiger partial charge on any atom is 0.247 e. The molecule has 2 saturated carbocycles. The van der Waals surface area contributed by atoms with Crippen molar-refractivity contribution < 1.29 is 14.4 Å². The molecule has 1 aromatic carbocycles. The first-order chi connectivity index (χ1) is 12.5. The number of carbonyl (C=O) groups is 3. The Hall–Kier alpha value is -2.43. The monoisotopic (exact) mass is 350 g/mol. The predicted molar refractivity (Wildman–Crippen MR) is 95.8 cm³/mol. The lowest BCUT2D eigenvalue weighted by Crippen LogP contribution is -2.46. The van der Waals surface area contributed by atoms with Crippen molar-refractivity contribution in [3.8, 4) is 0 Å². The van der Waals surface area contributed by atoms with Gasteiger partial charge in [0.05, 0.1) is 11.8 Å². The third-order valence-corrected chi connectivity index (χ3v) is 6.75. The number of imide groups is 1. The van der Waals surface area contributed by atoms with Crippen LogP contribution < -0.4 is 5.32 Å². The van der Waals surface area contributed by atoms with Crippen LogP contribution >= 0.6 is 0 Å². The van der Waals surface area contributed by atoms with Gasteiger partial charge in [-0.05, 0) is 61.6 Å². The average molecular weight is 350 g/mol. The number of aryl methyl sites for hydroxylation is 1. The van der Waals surface area contributed by atoms with Crippen molar-refractivity contribution in [3.63, 3.8) is 0 Å². The molecule has 7 atom stereocenters. The molecule has 1 heterocycles. The molecule has 1 aromatic rings. The highest BCUT2D eigenvalue weighted by Crippen LogP contribution is 2.65. The fourth-order valence-corrected chi connectivity index (χ4v) is 5.45. The third kappa shape index (κ3) is 2.06. The van der Waals surface area contributed by atoms with E-state index in [-0.39, 0.29) is 41.4 Å². The molecule has 2 bridgehead atoms. The topological polar surface area (TPSA) is 66.5 Å². The van der Waals surface area contributed by atoms with E-state index in [9.17, 15) is 14.4 Å². The fourth-order valence-electron chi connectivity index (χ4n) is 5.45. The summed E-state index contributed by atoms with van der Waals surface area (Å²) in [4.78, 5) is 40.0. The maximum absolute atomic E-state index is 13.0. The molecule has 5 nitrogen and oxygen atoms in total. The number of hydrogen-bond acceptors (Lipinski definition) is 3. The van der Waals surface area contributed by atoms with Gasteiger partial charge in [-0.25, -0.2) is 0 Å². The van der Waals surface area contributed by atoms with Crippen LogP contribution in [0.5, 0.6) is 0 Å². The number of allylic oxidation sites excluding steroid dienone is 2. The second kappa shape index (κ2) is 5.29. The Kier molecular flexibility index (Phi) is 3.21. The standard InChI is InChI=1S/C21H22N2O3/c1-10-4-3-5-12(8-10)22-19(24)11(2)23-20(25)17-13-6-7-14(16-9-15(13)16)18(17)21(23)26/h3-8,11,13-18H,9H2,1-2H3,(H,22,24). The normalized spacial score (nSPS) is 37.4. The molecule has 0 spiro atoms. The highest BCUT2D eigenvalue weighted by molar-refractivity contribution is 6.10. The van der Waals surface area contributed by atoms with E-state index in [2.05, 4.69) is 17.5 Å². The molecule has 6 rings (SSSR count). The number of rotatable bonds is 3. The third-order valence-electron chi connectivity index (χ3n) is 6.75. The Morgan fingerprint density at radius 2 is 1.73 bits per heavy atom. The molecule has 3 fully saturated rings. The molecule has 7 unspecified atom stereocenters. The van der Waals surface area contributed by atoms with Crippen LogP contribution in [0.25, 0.3) is 0 Å². The van der Waals surface area contributed by atoms with Gasteiger partial charge < -0.3 is 5.32 Å². The zero-order valence-electron chi connectivity index (χ0n) is 14.9. The molecular weight excluding hydrogens is 328 g/mol. The maximum atomic E-state index is 13.0. The minimum atomic E-state index is -0.795. The van der Waals surface area contributed by atoms with Gasteiger partial charge in [0.25, 0.3) is 0 Å². The van der Waals surface area contributed by atoms with Crippen LogP contribution in [0.3, 0.4) is 0 Å². The van der Waals surface area contributed by atoms with Gasteiger partial charge in [-0.2, -0.15) is 0 Å². The molecule has 26 heavy (non-hydrogen) atoms. The first kappa shape index (κ1) is 15.8. The summed E-state index contributed by atoms with van der Waals surface area (Å²) in [5.41, 5.74) is 1.72. The van der Waals surface area contributed by atoms with Crippen molar-refractivity contribution in [2.45, 2.75) is 26.3 Å².